The molecule has 0 aliphatic heterocycles. The standard InChI is InChI=1S/C10H8N4/c1-14-7-12-13-10(14)9-4-2-3-8(5-9)6-11/h2-5,7H,1H3. The van der Waals surface area contributed by atoms with Crippen molar-refractivity contribution >= 4 is 0 Å². The lowest BCUT2D eigenvalue weighted by atomic mass is 10.1. The second-order valence-corrected chi connectivity index (χ2v) is 2.96. The van der Waals surface area contributed by atoms with Gasteiger partial charge in [0.1, 0.15) is 6.33 Å². The van der Waals surface area contributed by atoms with Crippen LogP contribution in [0.4, 0.5) is 0 Å². The third kappa shape index (κ3) is 1.36. The quantitative estimate of drug-likeness (QED) is 0.672. The molecule has 1 aromatic carbocycles. The average Bonchev–Trinajstić information content (AvgIpc) is 2.65. The summed E-state index contributed by atoms with van der Waals surface area (Å²) in [5.74, 6) is 0.766. The highest BCUT2D eigenvalue weighted by atomic mass is 15.2. The number of rotatable bonds is 1. The maximum atomic E-state index is 8.74. The lowest BCUT2D eigenvalue weighted by Gasteiger charge is -1.99. The van der Waals surface area contributed by atoms with Crippen molar-refractivity contribution in [2.24, 2.45) is 7.05 Å². The van der Waals surface area contributed by atoms with Gasteiger partial charge in [-0.3, -0.25) is 0 Å². The van der Waals surface area contributed by atoms with E-state index in [1.165, 1.54) is 0 Å². The summed E-state index contributed by atoms with van der Waals surface area (Å²) >= 11 is 0. The molecule has 4 nitrogen and oxygen atoms in total. The largest absolute Gasteiger partial charge is 0.317 e. The van der Waals surface area contributed by atoms with Crippen molar-refractivity contribution < 1.29 is 0 Å². The molecule has 0 unspecified atom stereocenters. The topological polar surface area (TPSA) is 54.5 Å². The van der Waals surface area contributed by atoms with Crippen LogP contribution in [0.3, 0.4) is 0 Å². The molecule has 2 rings (SSSR count). The van der Waals surface area contributed by atoms with E-state index in [1.54, 1.807) is 18.5 Å². The highest BCUT2D eigenvalue weighted by Gasteiger charge is 2.04. The fraction of sp³-hybridized carbons (Fsp3) is 0.100. The van der Waals surface area contributed by atoms with Gasteiger partial charge >= 0.3 is 0 Å². The molecule has 0 radical (unpaired) electrons. The van der Waals surface area contributed by atoms with E-state index >= 15 is 0 Å². The zero-order valence-electron chi connectivity index (χ0n) is 7.68. The summed E-state index contributed by atoms with van der Waals surface area (Å²) < 4.78 is 1.82. The van der Waals surface area contributed by atoms with E-state index in [2.05, 4.69) is 16.3 Å². The Balaban J connectivity index is 2.53. The van der Waals surface area contributed by atoms with Gasteiger partial charge in [-0.05, 0) is 12.1 Å². The fourth-order valence-corrected chi connectivity index (χ4v) is 1.27. The van der Waals surface area contributed by atoms with Crippen molar-refractivity contribution in [2.75, 3.05) is 0 Å². The van der Waals surface area contributed by atoms with Crippen LogP contribution in [0.1, 0.15) is 5.56 Å². The Bertz CT molecular complexity index is 493. The predicted octanol–water partition coefficient (Wildman–Crippen LogP) is 1.35. The first-order valence-corrected chi connectivity index (χ1v) is 4.16. The molecule has 68 valence electrons. The predicted molar refractivity (Wildman–Crippen MR) is 51.2 cm³/mol. The number of benzene rings is 1. The molecular formula is C10H8N4. The maximum Gasteiger partial charge on any atom is 0.163 e. The molecule has 0 bridgehead atoms. The normalized spacial score (nSPS) is 9.71. The van der Waals surface area contributed by atoms with E-state index in [0.29, 0.717) is 5.56 Å². The molecule has 0 fully saturated rings. The van der Waals surface area contributed by atoms with Crippen molar-refractivity contribution in [3.8, 4) is 17.5 Å². The molecule has 4 heteroatoms. The second kappa shape index (κ2) is 3.30. The van der Waals surface area contributed by atoms with Gasteiger partial charge in [0.25, 0.3) is 0 Å². The Hall–Kier alpha value is -2.15. The summed E-state index contributed by atoms with van der Waals surface area (Å²) in [5.41, 5.74) is 1.54. The van der Waals surface area contributed by atoms with Gasteiger partial charge in [-0.1, -0.05) is 12.1 Å². The van der Waals surface area contributed by atoms with Gasteiger partial charge < -0.3 is 4.57 Å². The number of hydrogen-bond donors (Lipinski definition) is 0. The zero-order valence-corrected chi connectivity index (χ0v) is 7.68. The molecule has 2 aromatic rings. The molecule has 0 N–H and O–H groups in total. The van der Waals surface area contributed by atoms with Crippen LogP contribution in [-0.2, 0) is 7.05 Å². The Morgan fingerprint density at radius 3 is 2.93 bits per heavy atom. The minimum absolute atomic E-state index is 0.630. The van der Waals surface area contributed by atoms with Crippen LogP contribution in [0.25, 0.3) is 11.4 Å². The molecule has 0 saturated heterocycles. The van der Waals surface area contributed by atoms with Crippen LogP contribution in [0.15, 0.2) is 30.6 Å². The number of hydrogen-bond acceptors (Lipinski definition) is 3. The van der Waals surface area contributed by atoms with Crippen molar-refractivity contribution in [1.29, 1.82) is 5.26 Å². The van der Waals surface area contributed by atoms with Crippen LogP contribution in [0, 0.1) is 11.3 Å². The molecule has 1 aromatic heterocycles. The summed E-state index contributed by atoms with van der Waals surface area (Å²) in [5, 5.41) is 16.5. The summed E-state index contributed by atoms with van der Waals surface area (Å²) in [6.45, 7) is 0. The number of aromatic nitrogens is 3. The van der Waals surface area contributed by atoms with Gasteiger partial charge in [0.05, 0.1) is 11.6 Å². The summed E-state index contributed by atoms with van der Waals surface area (Å²) in [4.78, 5) is 0. The zero-order chi connectivity index (χ0) is 9.97. The lowest BCUT2D eigenvalue weighted by Crippen LogP contribution is -1.91. The molecule has 0 atom stereocenters. The molecule has 0 saturated carbocycles. The van der Waals surface area contributed by atoms with E-state index < -0.39 is 0 Å². The third-order valence-corrected chi connectivity index (χ3v) is 1.96. The van der Waals surface area contributed by atoms with Crippen molar-refractivity contribution in [3.63, 3.8) is 0 Å². The van der Waals surface area contributed by atoms with Crippen molar-refractivity contribution in [1.82, 2.24) is 14.8 Å². The van der Waals surface area contributed by atoms with Crippen LogP contribution in [-0.4, -0.2) is 14.8 Å². The SMILES string of the molecule is Cn1cnnc1-c1cccc(C#N)c1. The van der Waals surface area contributed by atoms with Crippen LogP contribution >= 0.6 is 0 Å². The fourth-order valence-electron chi connectivity index (χ4n) is 1.27. The summed E-state index contributed by atoms with van der Waals surface area (Å²) in [6.07, 6.45) is 1.63. The highest BCUT2D eigenvalue weighted by Crippen LogP contribution is 2.16. The number of aryl methyl sites for hydroxylation is 1. The van der Waals surface area contributed by atoms with E-state index in [1.807, 2.05) is 23.7 Å². The third-order valence-electron chi connectivity index (χ3n) is 1.96. The minimum atomic E-state index is 0.630. The first kappa shape index (κ1) is 8.45. The smallest absolute Gasteiger partial charge is 0.163 e. The second-order valence-electron chi connectivity index (χ2n) is 2.96. The van der Waals surface area contributed by atoms with Crippen LogP contribution in [0.2, 0.25) is 0 Å². The first-order valence-electron chi connectivity index (χ1n) is 4.16. The Morgan fingerprint density at radius 2 is 2.29 bits per heavy atom. The Kier molecular flexibility index (Phi) is 1.99. The number of nitrogens with zero attached hydrogens (tertiary/aromatic N) is 4. The van der Waals surface area contributed by atoms with Gasteiger partial charge in [-0.25, -0.2) is 0 Å². The monoisotopic (exact) mass is 184 g/mol. The molecule has 0 aliphatic rings. The van der Waals surface area contributed by atoms with E-state index in [9.17, 15) is 0 Å². The van der Waals surface area contributed by atoms with Crippen molar-refractivity contribution in [3.05, 3.63) is 36.2 Å². The highest BCUT2D eigenvalue weighted by molar-refractivity contribution is 5.57. The minimum Gasteiger partial charge on any atom is -0.317 e. The molecule has 14 heavy (non-hydrogen) atoms. The first-order chi connectivity index (χ1) is 6.81. The summed E-state index contributed by atoms with van der Waals surface area (Å²) in [7, 11) is 1.87. The molecular weight excluding hydrogens is 176 g/mol. The van der Waals surface area contributed by atoms with Crippen LogP contribution < -0.4 is 0 Å². The van der Waals surface area contributed by atoms with E-state index in [-0.39, 0.29) is 0 Å². The molecule has 0 spiro atoms. The van der Waals surface area contributed by atoms with E-state index in [4.69, 9.17) is 5.26 Å². The summed E-state index contributed by atoms with van der Waals surface area (Å²) in [6, 6.07) is 9.39. The van der Waals surface area contributed by atoms with Crippen LogP contribution in [0.5, 0.6) is 0 Å². The van der Waals surface area contributed by atoms with E-state index in [0.717, 1.165) is 11.4 Å². The van der Waals surface area contributed by atoms with Gasteiger partial charge in [0, 0.05) is 12.6 Å². The van der Waals surface area contributed by atoms with Gasteiger partial charge in [-0.2, -0.15) is 5.26 Å². The lowest BCUT2D eigenvalue weighted by molar-refractivity contribution is 0.919. The van der Waals surface area contributed by atoms with Gasteiger partial charge in [0.15, 0.2) is 5.82 Å². The van der Waals surface area contributed by atoms with Gasteiger partial charge in [0.2, 0.25) is 0 Å². The average molecular weight is 184 g/mol. The maximum absolute atomic E-state index is 8.74. The van der Waals surface area contributed by atoms with Gasteiger partial charge in [-0.15, -0.1) is 10.2 Å². The Labute approximate surface area is 81.4 Å². The molecule has 0 aliphatic carbocycles. The molecule has 0 amide bonds. The number of nitriles is 1. The van der Waals surface area contributed by atoms with Crippen molar-refractivity contribution in [2.45, 2.75) is 0 Å². The molecule has 1 heterocycles. The Morgan fingerprint density at radius 1 is 1.43 bits per heavy atom.